The summed E-state index contributed by atoms with van der Waals surface area (Å²) in [6.45, 7) is 0.173. The molecule has 3 N–H and O–H groups in total. The van der Waals surface area contributed by atoms with Crippen molar-refractivity contribution < 1.29 is 14.7 Å². The number of hydrogen-bond donors (Lipinski definition) is 3. The Kier molecular flexibility index (Phi) is 2.54. The van der Waals surface area contributed by atoms with Crippen molar-refractivity contribution in [2.45, 2.75) is 0 Å². The van der Waals surface area contributed by atoms with Crippen LogP contribution in [0.3, 0.4) is 0 Å². The molecule has 8 heteroatoms. The van der Waals surface area contributed by atoms with Gasteiger partial charge in [0.05, 0.1) is 5.92 Å². The first-order chi connectivity index (χ1) is 7.97. The maximum Gasteiger partial charge on any atom is 0.326 e. The number of rotatable bonds is 2. The summed E-state index contributed by atoms with van der Waals surface area (Å²) in [5, 5.41) is 8.64. The van der Waals surface area contributed by atoms with E-state index in [9.17, 15) is 19.2 Å². The first-order valence-electron chi connectivity index (χ1n) is 4.83. The maximum atomic E-state index is 11.7. The standard InChI is InChI=1S/C9H9N3O5/c13-6-1-5(10-9(17)11-6)7(14)12-2-4(3-12)8(15)16/h1,4H,2-3H2,(H,15,16)(H2,10,11,13,17). The fraction of sp³-hybridized carbons (Fsp3) is 0.333. The molecule has 8 nitrogen and oxygen atoms in total. The van der Waals surface area contributed by atoms with Crippen molar-refractivity contribution in [3.63, 3.8) is 0 Å². The van der Waals surface area contributed by atoms with Gasteiger partial charge in [-0.15, -0.1) is 0 Å². The molecule has 0 spiro atoms. The first-order valence-corrected chi connectivity index (χ1v) is 4.83. The lowest BCUT2D eigenvalue weighted by Crippen LogP contribution is -2.53. The molecule has 1 aliphatic heterocycles. The van der Waals surface area contributed by atoms with Crippen molar-refractivity contribution in [1.29, 1.82) is 0 Å². The Morgan fingerprint density at radius 1 is 1.29 bits per heavy atom. The molecule has 1 aliphatic rings. The summed E-state index contributed by atoms with van der Waals surface area (Å²) in [7, 11) is 0. The lowest BCUT2D eigenvalue weighted by Gasteiger charge is -2.36. The van der Waals surface area contributed by atoms with Crippen LogP contribution in [0.1, 0.15) is 10.5 Å². The number of aromatic amines is 2. The Morgan fingerprint density at radius 2 is 1.94 bits per heavy atom. The molecule has 90 valence electrons. The Hall–Kier alpha value is -2.38. The van der Waals surface area contributed by atoms with Crippen LogP contribution in [-0.4, -0.2) is 44.9 Å². The molecule has 2 rings (SSSR count). The van der Waals surface area contributed by atoms with Gasteiger partial charge in [0.2, 0.25) is 0 Å². The molecule has 0 aromatic carbocycles. The number of nitrogens with one attached hydrogen (secondary N) is 2. The highest BCUT2D eigenvalue weighted by molar-refractivity contribution is 5.93. The number of likely N-dealkylation sites (tertiary alicyclic amines) is 1. The van der Waals surface area contributed by atoms with E-state index >= 15 is 0 Å². The molecule has 17 heavy (non-hydrogen) atoms. The molecular weight excluding hydrogens is 230 g/mol. The van der Waals surface area contributed by atoms with Gasteiger partial charge >= 0.3 is 11.7 Å². The van der Waals surface area contributed by atoms with Gasteiger partial charge in [0.25, 0.3) is 11.5 Å². The van der Waals surface area contributed by atoms with Crippen molar-refractivity contribution in [3.05, 3.63) is 32.6 Å². The van der Waals surface area contributed by atoms with E-state index in [1.807, 2.05) is 4.98 Å². The average Bonchev–Trinajstić information content (AvgIpc) is 2.12. The predicted molar refractivity (Wildman–Crippen MR) is 54.7 cm³/mol. The minimum Gasteiger partial charge on any atom is -0.481 e. The summed E-state index contributed by atoms with van der Waals surface area (Å²) in [6, 6.07) is 0.970. The fourth-order valence-corrected chi connectivity index (χ4v) is 1.55. The van der Waals surface area contributed by atoms with Crippen LogP contribution < -0.4 is 11.2 Å². The third kappa shape index (κ3) is 2.10. The summed E-state index contributed by atoms with van der Waals surface area (Å²) < 4.78 is 0. The molecule has 0 bridgehead atoms. The summed E-state index contributed by atoms with van der Waals surface area (Å²) >= 11 is 0. The van der Waals surface area contributed by atoms with E-state index in [4.69, 9.17) is 5.11 Å². The Balaban J connectivity index is 2.14. The van der Waals surface area contributed by atoms with Crippen molar-refractivity contribution in [2.75, 3.05) is 13.1 Å². The number of carboxylic acids is 1. The van der Waals surface area contributed by atoms with E-state index in [-0.39, 0.29) is 18.8 Å². The number of carboxylic acid groups (broad SMARTS) is 1. The monoisotopic (exact) mass is 239 g/mol. The smallest absolute Gasteiger partial charge is 0.326 e. The quantitative estimate of drug-likeness (QED) is 0.563. The SMILES string of the molecule is O=C(O)C1CN(C(=O)c2cc(=O)[nH]c(=O)[nH]2)C1. The third-order valence-corrected chi connectivity index (χ3v) is 2.51. The number of carbonyl (C=O) groups excluding carboxylic acids is 1. The van der Waals surface area contributed by atoms with E-state index in [2.05, 4.69) is 4.98 Å². The van der Waals surface area contributed by atoms with E-state index in [0.717, 1.165) is 6.07 Å². The minimum absolute atomic E-state index is 0.0863. The van der Waals surface area contributed by atoms with Crippen LogP contribution in [0.25, 0.3) is 0 Å². The highest BCUT2D eigenvalue weighted by Gasteiger charge is 2.36. The van der Waals surface area contributed by atoms with Gasteiger partial charge in [0.15, 0.2) is 0 Å². The minimum atomic E-state index is -0.964. The number of nitrogens with zero attached hydrogens (tertiary/aromatic N) is 1. The second-order valence-corrected chi connectivity index (χ2v) is 3.75. The number of amides is 1. The molecule has 2 heterocycles. The molecule has 1 fully saturated rings. The van der Waals surface area contributed by atoms with Crippen LogP contribution in [0.15, 0.2) is 15.7 Å². The maximum absolute atomic E-state index is 11.7. The molecule has 1 aromatic heterocycles. The number of aliphatic carboxylic acids is 1. The van der Waals surface area contributed by atoms with E-state index in [1.54, 1.807) is 0 Å². The van der Waals surface area contributed by atoms with Crippen molar-refractivity contribution >= 4 is 11.9 Å². The second kappa shape index (κ2) is 3.89. The fourth-order valence-electron chi connectivity index (χ4n) is 1.55. The first kappa shape index (κ1) is 11.1. The third-order valence-electron chi connectivity index (χ3n) is 2.51. The van der Waals surface area contributed by atoms with Gasteiger partial charge in [0, 0.05) is 19.2 Å². The summed E-state index contributed by atoms with van der Waals surface area (Å²) in [5.74, 6) is -2.09. The number of carbonyl (C=O) groups is 2. The number of hydrogen-bond acceptors (Lipinski definition) is 4. The average molecular weight is 239 g/mol. The Bertz CT molecular complexity index is 553. The molecule has 1 amide bonds. The number of aromatic nitrogens is 2. The zero-order valence-electron chi connectivity index (χ0n) is 8.60. The van der Waals surface area contributed by atoms with Crippen molar-refractivity contribution in [1.82, 2.24) is 14.9 Å². The second-order valence-electron chi connectivity index (χ2n) is 3.75. The molecular formula is C9H9N3O5. The van der Waals surface area contributed by atoms with Crippen LogP contribution in [0.4, 0.5) is 0 Å². The highest BCUT2D eigenvalue weighted by Crippen LogP contribution is 2.17. The molecule has 1 aromatic rings. The normalized spacial score (nSPS) is 15.4. The topological polar surface area (TPSA) is 123 Å². The highest BCUT2D eigenvalue weighted by atomic mass is 16.4. The molecule has 0 unspecified atom stereocenters. The van der Waals surface area contributed by atoms with Gasteiger partial charge in [0.1, 0.15) is 5.69 Å². The zero-order chi connectivity index (χ0) is 12.6. The predicted octanol–water partition coefficient (Wildman–Crippen LogP) is -1.78. The molecule has 1 saturated heterocycles. The summed E-state index contributed by atoms with van der Waals surface area (Å²) in [5.41, 5.74) is -1.58. The van der Waals surface area contributed by atoms with Crippen LogP contribution in [0.5, 0.6) is 0 Å². The van der Waals surface area contributed by atoms with Gasteiger partial charge in [-0.2, -0.15) is 0 Å². The lowest BCUT2D eigenvalue weighted by atomic mass is 10.0. The van der Waals surface area contributed by atoms with Crippen molar-refractivity contribution in [3.8, 4) is 0 Å². The zero-order valence-corrected chi connectivity index (χ0v) is 8.60. The Labute approximate surface area is 93.9 Å². The summed E-state index contributed by atoms with van der Waals surface area (Å²) in [6.07, 6.45) is 0. The van der Waals surface area contributed by atoms with Crippen LogP contribution in [-0.2, 0) is 4.79 Å². The van der Waals surface area contributed by atoms with E-state index in [0.29, 0.717) is 0 Å². The molecule has 0 atom stereocenters. The Morgan fingerprint density at radius 3 is 2.47 bits per heavy atom. The van der Waals surface area contributed by atoms with Crippen LogP contribution in [0, 0.1) is 5.92 Å². The van der Waals surface area contributed by atoms with E-state index < -0.39 is 29.0 Å². The molecule has 0 aliphatic carbocycles. The largest absolute Gasteiger partial charge is 0.481 e. The van der Waals surface area contributed by atoms with Crippen LogP contribution in [0.2, 0.25) is 0 Å². The molecule has 0 saturated carbocycles. The summed E-state index contributed by atoms with van der Waals surface area (Å²) in [4.78, 5) is 49.6. The number of H-pyrrole nitrogens is 2. The van der Waals surface area contributed by atoms with Crippen molar-refractivity contribution in [2.24, 2.45) is 5.92 Å². The molecule has 0 radical (unpaired) electrons. The van der Waals surface area contributed by atoms with Gasteiger partial charge in [-0.05, 0) is 0 Å². The van der Waals surface area contributed by atoms with Gasteiger partial charge in [-0.3, -0.25) is 19.4 Å². The van der Waals surface area contributed by atoms with Gasteiger partial charge in [-0.1, -0.05) is 0 Å². The van der Waals surface area contributed by atoms with Gasteiger partial charge in [-0.25, -0.2) is 4.79 Å². The van der Waals surface area contributed by atoms with Gasteiger partial charge < -0.3 is 15.0 Å². The lowest BCUT2D eigenvalue weighted by molar-refractivity contribution is -0.146. The van der Waals surface area contributed by atoms with Crippen LogP contribution >= 0.6 is 0 Å². The van der Waals surface area contributed by atoms with E-state index in [1.165, 1.54) is 4.90 Å².